The zero-order valence-electron chi connectivity index (χ0n) is 23.2. The molecular weight excluding hydrogens is 495 g/mol. The minimum atomic E-state index is -0.223. The fourth-order valence-electron chi connectivity index (χ4n) is 5.78. The zero-order chi connectivity index (χ0) is 27.3. The third kappa shape index (κ3) is 6.43. The number of hydrogen-bond donors (Lipinski definition) is 0. The Hall–Kier alpha value is -2.79. The first kappa shape index (κ1) is 28.2. The van der Waals surface area contributed by atoms with Crippen LogP contribution in [0.5, 0.6) is 5.75 Å². The van der Waals surface area contributed by atoms with Crippen LogP contribution in [0.15, 0.2) is 65.6 Å². The van der Waals surface area contributed by atoms with Gasteiger partial charge in [0.25, 0.3) is 0 Å². The number of ether oxygens (including phenoxy) is 2. The SMILES string of the molecule is CC[C@@H](CC(=O)OC)c1cccc(SCc2ccc(-c3cc(OC)ccc3F)c([C@@H]3CCCC3(C)C)c2)c1. The smallest absolute Gasteiger partial charge is 0.306 e. The van der Waals surface area contributed by atoms with Crippen LogP contribution in [0.4, 0.5) is 4.39 Å². The Bertz CT molecular complexity index is 1270. The molecule has 0 radical (unpaired) electrons. The minimum Gasteiger partial charge on any atom is -0.497 e. The maximum Gasteiger partial charge on any atom is 0.306 e. The molecule has 38 heavy (non-hydrogen) atoms. The van der Waals surface area contributed by atoms with E-state index in [1.54, 1.807) is 24.9 Å². The van der Waals surface area contributed by atoms with Gasteiger partial charge in [-0.2, -0.15) is 0 Å². The number of rotatable bonds is 10. The highest BCUT2D eigenvalue weighted by Crippen LogP contribution is 2.51. The van der Waals surface area contributed by atoms with Gasteiger partial charge in [-0.3, -0.25) is 4.79 Å². The zero-order valence-corrected chi connectivity index (χ0v) is 24.0. The molecule has 0 aliphatic heterocycles. The van der Waals surface area contributed by atoms with Crippen LogP contribution >= 0.6 is 11.8 Å². The molecule has 1 aliphatic carbocycles. The van der Waals surface area contributed by atoms with E-state index in [1.165, 1.54) is 47.6 Å². The first-order chi connectivity index (χ1) is 18.2. The van der Waals surface area contributed by atoms with Crippen LogP contribution in [0, 0.1) is 11.2 Å². The van der Waals surface area contributed by atoms with Crippen LogP contribution in [0.3, 0.4) is 0 Å². The highest BCUT2D eigenvalue weighted by atomic mass is 32.2. The second-order valence-electron chi connectivity index (χ2n) is 10.9. The first-order valence-electron chi connectivity index (χ1n) is 13.5. The Balaban J connectivity index is 1.62. The molecule has 0 saturated heterocycles. The van der Waals surface area contributed by atoms with Crippen molar-refractivity contribution in [2.75, 3.05) is 14.2 Å². The summed E-state index contributed by atoms with van der Waals surface area (Å²) in [6, 6.07) is 20.0. The largest absolute Gasteiger partial charge is 0.497 e. The summed E-state index contributed by atoms with van der Waals surface area (Å²) in [6.45, 7) is 6.77. The van der Waals surface area contributed by atoms with Crippen LogP contribution in [-0.4, -0.2) is 20.2 Å². The van der Waals surface area contributed by atoms with Gasteiger partial charge in [0.15, 0.2) is 0 Å². The van der Waals surface area contributed by atoms with Gasteiger partial charge in [0.05, 0.1) is 20.6 Å². The van der Waals surface area contributed by atoms with E-state index in [4.69, 9.17) is 9.47 Å². The summed E-state index contributed by atoms with van der Waals surface area (Å²) in [4.78, 5) is 13.0. The van der Waals surface area contributed by atoms with Crippen molar-refractivity contribution >= 4 is 17.7 Å². The number of esters is 1. The van der Waals surface area contributed by atoms with Gasteiger partial charge < -0.3 is 9.47 Å². The maximum absolute atomic E-state index is 15.1. The van der Waals surface area contributed by atoms with Gasteiger partial charge >= 0.3 is 5.97 Å². The molecule has 0 bridgehead atoms. The normalized spacial score (nSPS) is 17.3. The molecule has 3 nitrogen and oxygen atoms in total. The van der Waals surface area contributed by atoms with Crippen molar-refractivity contribution in [3.8, 4) is 16.9 Å². The van der Waals surface area contributed by atoms with E-state index in [-0.39, 0.29) is 23.1 Å². The molecule has 0 spiro atoms. The molecule has 0 aromatic heterocycles. The van der Waals surface area contributed by atoms with E-state index in [2.05, 4.69) is 63.2 Å². The van der Waals surface area contributed by atoms with E-state index >= 15 is 4.39 Å². The van der Waals surface area contributed by atoms with Crippen LogP contribution < -0.4 is 4.74 Å². The fourth-order valence-corrected chi connectivity index (χ4v) is 6.69. The van der Waals surface area contributed by atoms with E-state index in [1.807, 2.05) is 6.07 Å². The molecule has 3 aromatic carbocycles. The molecule has 202 valence electrons. The molecule has 1 saturated carbocycles. The summed E-state index contributed by atoms with van der Waals surface area (Å²) in [7, 11) is 3.06. The number of carbonyl (C=O) groups is 1. The Morgan fingerprint density at radius 2 is 1.89 bits per heavy atom. The molecule has 1 aliphatic rings. The summed E-state index contributed by atoms with van der Waals surface area (Å²) < 4.78 is 25.4. The first-order valence-corrected chi connectivity index (χ1v) is 14.5. The second-order valence-corrected chi connectivity index (χ2v) is 12.0. The van der Waals surface area contributed by atoms with E-state index in [0.717, 1.165) is 24.2 Å². The number of methoxy groups -OCH3 is 2. The lowest BCUT2D eigenvalue weighted by atomic mass is 9.75. The van der Waals surface area contributed by atoms with Gasteiger partial charge in [-0.1, -0.05) is 57.5 Å². The molecule has 1 fully saturated rings. The molecule has 3 aromatic rings. The Labute approximate surface area is 231 Å². The summed E-state index contributed by atoms with van der Waals surface area (Å²) in [5.74, 6) is 1.61. The predicted octanol–water partition coefficient (Wildman–Crippen LogP) is 9.14. The minimum absolute atomic E-state index is 0.149. The highest BCUT2D eigenvalue weighted by Gasteiger charge is 2.37. The van der Waals surface area contributed by atoms with E-state index < -0.39 is 0 Å². The summed E-state index contributed by atoms with van der Waals surface area (Å²) in [5.41, 5.74) is 5.36. The molecule has 0 N–H and O–H groups in total. The lowest BCUT2D eigenvalue weighted by molar-refractivity contribution is -0.141. The van der Waals surface area contributed by atoms with Gasteiger partial charge in [0.1, 0.15) is 11.6 Å². The molecule has 4 rings (SSSR count). The molecular formula is C33H39FO3S. The Kier molecular flexibility index (Phi) is 9.19. The van der Waals surface area contributed by atoms with E-state index in [0.29, 0.717) is 23.7 Å². The number of benzene rings is 3. The van der Waals surface area contributed by atoms with Crippen molar-refractivity contribution in [2.24, 2.45) is 5.41 Å². The second kappa shape index (κ2) is 12.4. The number of hydrogen-bond acceptors (Lipinski definition) is 4. The fraction of sp³-hybridized carbons (Fsp3) is 0.424. The topological polar surface area (TPSA) is 35.5 Å². The maximum atomic E-state index is 15.1. The monoisotopic (exact) mass is 534 g/mol. The van der Waals surface area contributed by atoms with Crippen LogP contribution in [0.25, 0.3) is 11.1 Å². The van der Waals surface area contributed by atoms with Crippen molar-refractivity contribution in [3.63, 3.8) is 0 Å². The third-order valence-corrected chi connectivity index (χ3v) is 9.15. The van der Waals surface area contributed by atoms with Crippen LogP contribution in [-0.2, 0) is 15.3 Å². The van der Waals surface area contributed by atoms with E-state index in [9.17, 15) is 4.79 Å². The van der Waals surface area contributed by atoms with Crippen molar-refractivity contribution < 1.29 is 18.7 Å². The summed E-state index contributed by atoms with van der Waals surface area (Å²) in [5, 5.41) is 0. The van der Waals surface area contributed by atoms with Gasteiger partial charge in [-0.25, -0.2) is 4.39 Å². The summed E-state index contributed by atoms with van der Waals surface area (Å²) >= 11 is 1.79. The Morgan fingerprint density at radius 1 is 1.08 bits per heavy atom. The quantitative estimate of drug-likeness (QED) is 0.192. The van der Waals surface area contributed by atoms with Gasteiger partial charge in [-0.05, 0) is 89.1 Å². The number of carbonyl (C=O) groups excluding carboxylic acids is 1. The van der Waals surface area contributed by atoms with Crippen molar-refractivity contribution in [1.82, 2.24) is 0 Å². The average Bonchev–Trinajstić information content (AvgIpc) is 3.29. The van der Waals surface area contributed by atoms with Crippen molar-refractivity contribution in [1.29, 1.82) is 0 Å². The molecule has 2 atom stereocenters. The molecule has 5 heteroatoms. The van der Waals surface area contributed by atoms with Crippen LogP contribution in [0.1, 0.15) is 81.4 Å². The molecule has 0 unspecified atom stereocenters. The van der Waals surface area contributed by atoms with Gasteiger partial charge in [-0.15, -0.1) is 11.8 Å². The van der Waals surface area contributed by atoms with Crippen molar-refractivity contribution in [2.45, 2.75) is 75.4 Å². The predicted molar refractivity (Wildman–Crippen MR) is 154 cm³/mol. The highest BCUT2D eigenvalue weighted by molar-refractivity contribution is 7.98. The van der Waals surface area contributed by atoms with Crippen LogP contribution in [0.2, 0.25) is 0 Å². The third-order valence-electron chi connectivity index (χ3n) is 8.08. The molecule has 0 heterocycles. The number of halogens is 1. The van der Waals surface area contributed by atoms with Gasteiger partial charge in [0, 0.05) is 16.2 Å². The van der Waals surface area contributed by atoms with Gasteiger partial charge in [0.2, 0.25) is 0 Å². The number of thioether (sulfide) groups is 1. The lowest BCUT2D eigenvalue weighted by Gasteiger charge is -2.30. The van der Waals surface area contributed by atoms with Crippen molar-refractivity contribution in [3.05, 3.63) is 83.2 Å². The lowest BCUT2D eigenvalue weighted by Crippen LogP contribution is -2.16. The average molecular weight is 535 g/mol. The molecule has 0 amide bonds. The Morgan fingerprint density at radius 3 is 2.58 bits per heavy atom. The standard InChI is InChI=1S/C33H39FO3S/c1-6-23(19-32(35)37-5)24-9-7-10-26(18-24)38-21-22-12-14-27(29-20-25(36-4)13-15-31(29)34)28(17-22)30-11-8-16-33(30,2)3/h7,9-10,12-15,17-18,20,23,30H,6,8,11,16,19,21H2,1-5H3/t23-,30-/m0/s1. The summed E-state index contributed by atoms with van der Waals surface area (Å²) in [6.07, 6.45) is 4.75.